The monoisotopic (exact) mass is 458 g/mol. The van der Waals surface area contributed by atoms with E-state index < -0.39 is 37.3 Å². The molecule has 9 heteroatoms. The number of nitrogens with zero attached hydrogens (tertiary/aromatic N) is 2. The van der Waals surface area contributed by atoms with Gasteiger partial charge >= 0.3 is 0 Å². The van der Waals surface area contributed by atoms with E-state index in [-0.39, 0.29) is 5.91 Å². The smallest absolute Gasteiger partial charge is 0.253 e. The van der Waals surface area contributed by atoms with Gasteiger partial charge in [0, 0.05) is 31.7 Å². The molecule has 0 bridgehead atoms. The number of carbonyl (C=O) groups excluding carboxylic acids is 1. The lowest BCUT2D eigenvalue weighted by Gasteiger charge is -2.39. The summed E-state index contributed by atoms with van der Waals surface area (Å²) >= 11 is 0. The van der Waals surface area contributed by atoms with E-state index in [9.17, 15) is 25.2 Å². The minimum absolute atomic E-state index is 0.0209. The third-order valence-corrected chi connectivity index (χ3v) is 6.19. The van der Waals surface area contributed by atoms with Crippen LogP contribution in [-0.2, 0) is 4.74 Å². The van der Waals surface area contributed by atoms with Gasteiger partial charge in [0.15, 0.2) is 0 Å². The third-order valence-electron chi connectivity index (χ3n) is 6.19. The molecule has 2 aliphatic rings. The number of piperazine rings is 1. The van der Waals surface area contributed by atoms with Crippen molar-refractivity contribution in [2.24, 2.45) is 0 Å². The summed E-state index contributed by atoms with van der Waals surface area (Å²) in [6, 6.07) is 14.5. The Hall–Kier alpha value is -2.53. The van der Waals surface area contributed by atoms with Crippen LogP contribution in [0.2, 0.25) is 0 Å². The average Bonchev–Trinajstić information content (AvgIpc) is 2.85. The fourth-order valence-corrected chi connectivity index (χ4v) is 4.05. The Morgan fingerprint density at radius 3 is 2.33 bits per heavy atom. The van der Waals surface area contributed by atoms with Crippen molar-refractivity contribution in [3.05, 3.63) is 54.1 Å². The first-order chi connectivity index (χ1) is 15.9. The molecule has 2 aromatic rings. The molecular formula is C24H30N2O7. The predicted molar refractivity (Wildman–Crippen MR) is 120 cm³/mol. The van der Waals surface area contributed by atoms with Gasteiger partial charge in [0.05, 0.1) is 6.61 Å². The average molecular weight is 459 g/mol. The van der Waals surface area contributed by atoms with E-state index in [1.807, 2.05) is 48.3 Å². The highest BCUT2D eigenvalue weighted by atomic mass is 16.7. The van der Waals surface area contributed by atoms with Gasteiger partial charge in [0.2, 0.25) is 6.29 Å². The number of amides is 1. The summed E-state index contributed by atoms with van der Waals surface area (Å²) in [5, 5.41) is 39.2. The SMILES string of the molecule is CN1CCN(C(=O)c2cccc(-c3ccc(OC4OC(CO)C(O)C(O)C4O)cc3)c2)CC1. The number of likely N-dealkylation sites (N-methyl/N-ethyl adjacent to an activating group) is 1. The van der Waals surface area contributed by atoms with E-state index in [1.54, 1.807) is 12.1 Å². The van der Waals surface area contributed by atoms with Crippen LogP contribution in [0.3, 0.4) is 0 Å². The fraction of sp³-hybridized carbons (Fsp3) is 0.458. The molecule has 9 nitrogen and oxygen atoms in total. The van der Waals surface area contributed by atoms with Crippen molar-refractivity contribution >= 4 is 5.91 Å². The van der Waals surface area contributed by atoms with Gasteiger partial charge in [-0.1, -0.05) is 24.3 Å². The molecule has 178 valence electrons. The summed E-state index contributed by atoms with van der Waals surface area (Å²) < 4.78 is 11.0. The first kappa shape index (κ1) is 23.6. The molecule has 2 aliphatic heterocycles. The number of hydrogen-bond donors (Lipinski definition) is 4. The molecule has 2 fully saturated rings. The minimum atomic E-state index is -1.50. The molecule has 2 aromatic carbocycles. The van der Waals surface area contributed by atoms with Crippen LogP contribution in [0.25, 0.3) is 11.1 Å². The lowest BCUT2D eigenvalue weighted by molar-refractivity contribution is -0.277. The van der Waals surface area contributed by atoms with Gasteiger partial charge in [-0.05, 0) is 42.4 Å². The van der Waals surface area contributed by atoms with Crippen LogP contribution < -0.4 is 4.74 Å². The molecular weight excluding hydrogens is 428 g/mol. The molecule has 4 N–H and O–H groups in total. The van der Waals surface area contributed by atoms with Crippen molar-refractivity contribution in [1.82, 2.24) is 9.80 Å². The zero-order chi connectivity index (χ0) is 23.5. The number of benzene rings is 2. The summed E-state index contributed by atoms with van der Waals surface area (Å²) in [5.41, 5.74) is 2.40. The van der Waals surface area contributed by atoms with Crippen LogP contribution in [0.4, 0.5) is 0 Å². The summed E-state index contributed by atoms with van der Waals surface area (Å²) in [6.07, 6.45) is -6.68. The highest BCUT2D eigenvalue weighted by Crippen LogP contribution is 2.27. The van der Waals surface area contributed by atoms with E-state index in [1.165, 1.54) is 0 Å². The number of ether oxygens (including phenoxy) is 2. The Morgan fingerprint density at radius 2 is 1.67 bits per heavy atom. The largest absolute Gasteiger partial charge is 0.462 e. The lowest BCUT2D eigenvalue weighted by Crippen LogP contribution is -2.60. The van der Waals surface area contributed by atoms with Crippen molar-refractivity contribution in [2.75, 3.05) is 39.8 Å². The molecule has 5 unspecified atom stereocenters. The molecule has 0 aromatic heterocycles. The second kappa shape index (κ2) is 10.2. The van der Waals surface area contributed by atoms with Gasteiger partial charge < -0.3 is 39.7 Å². The van der Waals surface area contributed by atoms with E-state index in [4.69, 9.17) is 9.47 Å². The van der Waals surface area contributed by atoms with E-state index in [2.05, 4.69) is 4.90 Å². The van der Waals surface area contributed by atoms with Gasteiger partial charge in [0.1, 0.15) is 30.2 Å². The highest BCUT2D eigenvalue weighted by molar-refractivity contribution is 5.95. The third kappa shape index (κ3) is 5.19. The van der Waals surface area contributed by atoms with Crippen molar-refractivity contribution in [2.45, 2.75) is 30.7 Å². The Morgan fingerprint density at radius 1 is 0.970 bits per heavy atom. The van der Waals surface area contributed by atoms with Gasteiger partial charge in [-0.15, -0.1) is 0 Å². The number of carbonyl (C=O) groups is 1. The van der Waals surface area contributed by atoms with Crippen molar-refractivity contribution in [1.29, 1.82) is 0 Å². The number of hydrogen-bond acceptors (Lipinski definition) is 8. The van der Waals surface area contributed by atoms with Crippen molar-refractivity contribution in [3.8, 4) is 16.9 Å². The fourth-order valence-electron chi connectivity index (χ4n) is 4.05. The Labute approximate surface area is 192 Å². The van der Waals surface area contributed by atoms with E-state index >= 15 is 0 Å². The molecule has 2 saturated heterocycles. The van der Waals surface area contributed by atoms with Gasteiger partial charge in [0.25, 0.3) is 5.91 Å². The van der Waals surface area contributed by atoms with Gasteiger partial charge in [-0.2, -0.15) is 0 Å². The van der Waals surface area contributed by atoms with Crippen LogP contribution in [0.5, 0.6) is 5.75 Å². The number of aliphatic hydroxyl groups is 4. The van der Waals surface area contributed by atoms with Crippen LogP contribution in [0, 0.1) is 0 Å². The van der Waals surface area contributed by atoms with E-state index in [0.29, 0.717) is 24.4 Å². The van der Waals surface area contributed by atoms with Crippen LogP contribution in [0.15, 0.2) is 48.5 Å². The zero-order valence-corrected chi connectivity index (χ0v) is 18.4. The minimum Gasteiger partial charge on any atom is -0.462 e. The Bertz CT molecular complexity index is 944. The molecule has 33 heavy (non-hydrogen) atoms. The van der Waals surface area contributed by atoms with Crippen molar-refractivity contribution in [3.63, 3.8) is 0 Å². The first-order valence-corrected chi connectivity index (χ1v) is 11.0. The second-order valence-electron chi connectivity index (χ2n) is 8.52. The Kier molecular flexibility index (Phi) is 7.28. The first-order valence-electron chi connectivity index (χ1n) is 11.0. The molecule has 5 atom stereocenters. The van der Waals surface area contributed by atoms with Gasteiger partial charge in [-0.25, -0.2) is 0 Å². The molecule has 4 rings (SSSR count). The maximum Gasteiger partial charge on any atom is 0.253 e. The maximum absolute atomic E-state index is 12.9. The van der Waals surface area contributed by atoms with Crippen LogP contribution in [0.1, 0.15) is 10.4 Å². The van der Waals surface area contributed by atoms with Gasteiger partial charge in [-0.3, -0.25) is 4.79 Å². The topological polar surface area (TPSA) is 123 Å². The molecule has 0 radical (unpaired) electrons. The normalized spacial score (nSPS) is 28.5. The number of rotatable bonds is 5. The van der Waals surface area contributed by atoms with Crippen molar-refractivity contribution < 1.29 is 34.7 Å². The summed E-state index contributed by atoms with van der Waals surface area (Å²) in [4.78, 5) is 17.0. The predicted octanol–water partition coefficient (Wildman–Crippen LogP) is -0.0801. The summed E-state index contributed by atoms with van der Waals surface area (Å²) in [7, 11) is 2.05. The molecule has 0 saturated carbocycles. The Balaban J connectivity index is 1.44. The second-order valence-corrected chi connectivity index (χ2v) is 8.52. The molecule has 0 aliphatic carbocycles. The molecule has 1 amide bonds. The quantitative estimate of drug-likeness (QED) is 0.491. The van der Waals surface area contributed by atoms with E-state index in [0.717, 1.165) is 24.2 Å². The maximum atomic E-state index is 12.9. The van der Waals surface area contributed by atoms with Crippen LogP contribution >= 0.6 is 0 Å². The van der Waals surface area contributed by atoms with Crippen LogP contribution in [-0.4, -0.2) is 107 Å². The molecule has 0 spiro atoms. The zero-order valence-electron chi connectivity index (χ0n) is 18.4. The lowest BCUT2D eigenvalue weighted by atomic mass is 9.99. The standard InChI is InChI=1S/C24H30N2O7/c1-25-9-11-26(12-10-25)23(31)17-4-2-3-16(13-17)15-5-7-18(8-6-15)32-24-22(30)21(29)20(28)19(14-27)33-24/h2-8,13,19-22,24,27-30H,9-12,14H2,1H3. The highest BCUT2D eigenvalue weighted by Gasteiger charge is 2.44. The summed E-state index contributed by atoms with van der Waals surface area (Å²) in [6.45, 7) is 2.63. The number of aliphatic hydroxyl groups excluding tert-OH is 4. The molecule has 2 heterocycles. The summed E-state index contributed by atoms with van der Waals surface area (Å²) in [5.74, 6) is 0.403.